The first-order valence-corrected chi connectivity index (χ1v) is 6.86. The normalized spacial score (nSPS) is 20.7. The van der Waals surface area contributed by atoms with E-state index in [1.165, 1.54) is 31.4 Å². The molecule has 1 heterocycles. The summed E-state index contributed by atoms with van der Waals surface area (Å²) in [4.78, 5) is 2.42. The van der Waals surface area contributed by atoms with Crippen LogP contribution in [0.4, 0.5) is 5.69 Å². The lowest BCUT2D eigenvalue weighted by atomic mass is 10.0. The summed E-state index contributed by atoms with van der Waals surface area (Å²) < 4.78 is 0. The van der Waals surface area contributed by atoms with Gasteiger partial charge in [-0.25, -0.2) is 0 Å². The minimum atomic E-state index is 0.715. The van der Waals surface area contributed by atoms with Crippen LogP contribution in [-0.2, 0) is 0 Å². The summed E-state index contributed by atoms with van der Waals surface area (Å²) in [5.74, 6) is 0. The van der Waals surface area contributed by atoms with E-state index >= 15 is 0 Å². The number of nitrogens with zero attached hydrogens (tertiary/aromatic N) is 2. The van der Waals surface area contributed by atoms with Crippen molar-refractivity contribution in [3.63, 3.8) is 0 Å². The largest absolute Gasteiger partial charge is 0.371 e. The monoisotopic (exact) mass is 241 g/mol. The Morgan fingerprint density at radius 2 is 1.61 bits per heavy atom. The third-order valence-electron chi connectivity index (χ3n) is 3.91. The first-order valence-electron chi connectivity index (χ1n) is 6.86. The molecule has 1 aromatic carbocycles. The molecule has 0 bridgehead atoms. The zero-order chi connectivity index (χ0) is 12.4. The van der Waals surface area contributed by atoms with E-state index in [0.29, 0.717) is 6.04 Å². The average molecular weight is 241 g/mol. The van der Waals surface area contributed by atoms with Crippen molar-refractivity contribution in [2.75, 3.05) is 18.0 Å². The molecule has 3 nitrogen and oxygen atoms in total. The molecular formula is C15H19N3. The predicted molar refractivity (Wildman–Crippen MR) is 72.5 cm³/mol. The van der Waals surface area contributed by atoms with Gasteiger partial charge in [0.15, 0.2) is 0 Å². The summed E-state index contributed by atoms with van der Waals surface area (Å²) in [6, 6.07) is 11.6. The van der Waals surface area contributed by atoms with Crippen LogP contribution in [0.2, 0.25) is 0 Å². The highest BCUT2D eigenvalue weighted by Gasteiger charge is 2.27. The van der Waals surface area contributed by atoms with E-state index in [4.69, 9.17) is 5.26 Å². The van der Waals surface area contributed by atoms with Crippen molar-refractivity contribution in [1.29, 1.82) is 5.26 Å². The van der Waals surface area contributed by atoms with Gasteiger partial charge >= 0.3 is 0 Å². The van der Waals surface area contributed by atoms with E-state index in [9.17, 15) is 0 Å². The lowest BCUT2D eigenvalue weighted by molar-refractivity contribution is 0.413. The van der Waals surface area contributed by atoms with Gasteiger partial charge in [0.1, 0.15) is 0 Å². The highest BCUT2D eigenvalue weighted by atomic mass is 15.2. The molecule has 1 saturated heterocycles. The molecule has 2 aliphatic rings. The lowest BCUT2D eigenvalue weighted by Crippen LogP contribution is -2.43. The van der Waals surface area contributed by atoms with Gasteiger partial charge < -0.3 is 10.2 Å². The minimum absolute atomic E-state index is 0.715. The summed E-state index contributed by atoms with van der Waals surface area (Å²) in [6.07, 6.45) is 5.21. The van der Waals surface area contributed by atoms with E-state index in [1.54, 1.807) is 0 Å². The molecule has 1 saturated carbocycles. The number of rotatable bonds is 3. The predicted octanol–water partition coefficient (Wildman–Crippen LogP) is 2.28. The fraction of sp³-hybridized carbons (Fsp3) is 0.533. The Kier molecular flexibility index (Phi) is 3.21. The quantitative estimate of drug-likeness (QED) is 0.882. The van der Waals surface area contributed by atoms with Crippen LogP contribution in [-0.4, -0.2) is 25.2 Å². The number of hydrogen-bond donors (Lipinski definition) is 1. The van der Waals surface area contributed by atoms with Gasteiger partial charge in [-0.3, -0.25) is 0 Å². The van der Waals surface area contributed by atoms with Crippen molar-refractivity contribution in [3.05, 3.63) is 29.8 Å². The standard InChI is InChI=1S/C15H19N3/c16-11-12-1-5-15(6-2-12)18-9-7-14(8-10-18)17-13-3-4-13/h1-2,5-6,13-14,17H,3-4,7-10H2. The number of anilines is 1. The molecule has 0 amide bonds. The average Bonchev–Trinajstić information content (AvgIpc) is 3.24. The molecular weight excluding hydrogens is 222 g/mol. The molecule has 0 aromatic heterocycles. The van der Waals surface area contributed by atoms with Crippen molar-refractivity contribution in [2.24, 2.45) is 0 Å². The van der Waals surface area contributed by atoms with Crippen LogP contribution < -0.4 is 10.2 Å². The van der Waals surface area contributed by atoms with E-state index in [1.807, 2.05) is 12.1 Å². The Morgan fingerprint density at radius 1 is 1.00 bits per heavy atom. The molecule has 2 fully saturated rings. The SMILES string of the molecule is N#Cc1ccc(N2CCC(NC3CC3)CC2)cc1. The summed E-state index contributed by atoms with van der Waals surface area (Å²) in [6.45, 7) is 2.24. The Hall–Kier alpha value is -1.53. The van der Waals surface area contributed by atoms with Crippen LogP contribution in [0.15, 0.2) is 24.3 Å². The molecule has 0 radical (unpaired) electrons. The fourth-order valence-electron chi connectivity index (χ4n) is 2.63. The second-order valence-electron chi connectivity index (χ2n) is 5.36. The summed E-state index contributed by atoms with van der Waals surface area (Å²) >= 11 is 0. The highest BCUT2D eigenvalue weighted by Crippen LogP contribution is 2.24. The maximum Gasteiger partial charge on any atom is 0.0991 e. The van der Waals surface area contributed by atoms with Gasteiger partial charge in [-0.1, -0.05) is 0 Å². The van der Waals surface area contributed by atoms with Gasteiger partial charge in [0, 0.05) is 30.9 Å². The van der Waals surface area contributed by atoms with Crippen molar-refractivity contribution >= 4 is 5.69 Å². The number of hydrogen-bond acceptors (Lipinski definition) is 3. The van der Waals surface area contributed by atoms with Gasteiger partial charge in [-0.05, 0) is 49.9 Å². The molecule has 18 heavy (non-hydrogen) atoms. The third-order valence-corrected chi connectivity index (χ3v) is 3.91. The molecule has 3 heteroatoms. The van der Waals surface area contributed by atoms with Crippen LogP contribution in [0.5, 0.6) is 0 Å². The van der Waals surface area contributed by atoms with Gasteiger partial charge in [0.2, 0.25) is 0 Å². The number of piperidine rings is 1. The second kappa shape index (κ2) is 4.99. The summed E-state index contributed by atoms with van der Waals surface area (Å²) in [5, 5.41) is 12.5. The lowest BCUT2D eigenvalue weighted by Gasteiger charge is -2.34. The van der Waals surface area contributed by atoms with Gasteiger partial charge in [-0.2, -0.15) is 5.26 Å². The van der Waals surface area contributed by atoms with Gasteiger partial charge in [-0.15, -0.1) is 0 Å². The Bertz CT molecular complexity index is 434. The molecule has 1 aliphatic heterocycles. The second-order valence-corrected chi connectivity index (χ2v) is 5.36. The molecule has 1 aliphatic carbocycles. The van der Waals surface area contributed by atoms with Crippen molar-refractivity contribution in [3.8, 4) is 6.07 Å². The molecule has 0 unspecified atom stereocenters. The summed E-state index contributed by atoms with van der Waals surface area (Å²) in [7, 11) is 0. The molecule has 1 aromatic rings. The van der Waals surface area contributed by atoms with E-state index in [2.05, 4.69) is 28.4 Å². The molecule has 1 N–H and O–H groups in total. The highest BCUT2D eigenvalue weighted by molar-refractivity contribution is 5.50. The first kappa shape index (κ1) is 11.6. The van der Waals surface area contributed by atoms with Crippen molar-refractivity contribution < 1.29 is 0 Å². The number of nitriles is 1. The van der Waals surface area contributed by atoms with Crippen LogP contribution in [0.1, 0.15) is 31.2 Å². The zero-order valence-corrected chi connectivity index (χ0v) is 10.6. The Balaban J connectivity index is 1.56. The Morgan fingerprint density at radius 3 is 2.17 bits per heavy atom. The van der Waals surface area contributed by atoms with E-state index < -0.39 is 0 Å². The smallest absolute Gasteiger partial charge is 0.0991 e. The molecule has 3 rings (SSSR count). The van der Waals surface area contributed by atoms with Crippen molar-refractivity contribution in [2.45, 2.75) is 37.8 Å². The first-order chi connectivity index (χ1) is 8.85. The third kappa shape index (κ3) is 2.65. The van der Waals surface area contributed by atoms with E-state index in [-0.39, 0.29) is 0 Å². The minimum Gasteiger partial charge on any atom is -0.371 e. The molecule has 0 atom stereocenters. The fourth-order valence-corrected chi connectivity index (χ4v) is 2.63. The van der Waals surface area contributed by atoms with Crippen LogP contribution in [0, 0.1) is 11.3 Å². The van der Waals surface area contributed by atoms with Crippen LogP contribution >= 0.6 is 0 Å². The zero-order valence-electron chi connectivity index (χ0n) is 10.6. The van der Waals surface area contributed by atoms with Crippen LogP contribution in [0.3, 0.4) is 0 Å². The van der Waals surface area contributed by atoms with Gasteiger partial charge in [0.25, 0.3) is 0 Å². The maximum absolute atomic E-state index is 8.79. The Labute approximate surface area is 108 Å². The maximum atomic E-state index is 8.79. The molecule has 0 spiro atoms. The number of nitrogens with one attached hydrogen (secondary N) is 1. The number of benzene rings is 1. The van der Waals surface area contributed by atoms with Gasteiger partial charge in [0.05, 0.1) is 11.6 Å². The van der Waals surface area contributed by atoms with Crippen molar-refractivity contribution in [1.82, 2.24) is 5.32 Å². The van der Waals surface area contributed by atoms with E-state index in [0.717, 1.165) is 24.7 Å². The summed E-state index contributed by atoms with van der Waals surface area (Å²) in [5.41, 5.74) is 1.99. The molecule has 94 valence electrons. The topological polar surface area (TPSA) is 39.1 Å². The van der Waals surface area contributed by atoms with Crippen LogP contribution in [0.25, 0.3) is 0 Å².